The first-order valence-electron chi connectivity index (χ1n) is 5.39. The lowest BCUT2D eigenvalue weighted by Gasteiger charge is -2.24. The van der Waals surface area contributed by atoms with Crippen LogP contribution in [0.5, 0.6) is 5.88 Å². The molecule has 0 amide bonds. The third-order valence-corrected chi connectivity index (χ3v) is 2.71. The van der Waals surface area contributed by atoms with Crippen LogP contribution in [-0.2, 0) is 5.60 Å². The van der Waals surface area contributed by atoms with Crippen molar-refractivity contribution in [1.82, 2.24) is 9.97 Å². The number of nitrogens with zero attached hydrogens (tertiary/aromatic N) is 2. The first-order valence-corrected chi connectivity index (χ1v) is 5.39. The first kappa shape index (κ1) is 12.4. The summed E-state index contributed by atoms with van der Waals surface area (Å²) < 4.78 is 18.3. The van der Waals surface area contributed by atoms with Crippen molar-refractivity contribution in [3.05, 3.63) is 53.7 Å². The molecule has 2 aromatic rings. The summed E-state index contributed by atoms with van der Waals surface area (Å²) in [5.74, 6) is -0.206. The predicted octanol–water partition coefficient (Wildman–Crippen LogP) is 1.88. The molecule has 1 unspecified atom stereocenters. The number of aromatic nitrogens is 2. The Morgan fingerprint density at radius 2 is 2.00 bits per heavy atom. The van der Waals surface area contributed by atoms with E-state index < -0.39 is 11.4 Å². The van der Waals surface area contributed by atoms with E-state index in [1.807, 2.05) is 0 Å². The Morgan fingerprint density at radius 1 is 1.28 bits per heavy atom. The third kappa shape index (κ3) is 2.17. The molecule has 0 fully saturated rings. The Morgan fingerprint density at radius 3 is 2.67 bits per heavy atom. The second kappa shape index (κ2) is 4.70. The van der Waals surface area contributed by atoms with Crippen molar-refractivity contribution < 1.29 is 14.2 Å². The fraction of sp³-hybridized carbons (Fsp3) is 0.231. The van der Waals surface area contributed by atoms with Crippen LogP contribution in [0.25, 0.3) is 0 Å². The van der Waals surface area contributed by atoms with Crippen molar-refractivity contribution in [2.24, 2.45) is 0 Å². The second-order valence-electron chi connectivity index (χ2n) is 4.00. The topological polar surface area (TPSA) is 55.2 Å². The van der Waals surface area contributed by atoms with Crippen LogP contribution in [0.15, 0.2) is 36.7 Å². The fourth-order valence-electron chi connectivity index (χ4n) is 1.74. The molecule has 0 aliphatic rings. The highest BCUT2D eigenvalue weighted by Gasteiger charge is 2.31. The van der Waals surface area contributed by atoms with Gasteiger partial charge in [0.25, 0.3) is 0 Å². The van der Waals surface area contributed by atoms with Crippen LogP contribution in [0.4, 0.5) is 4.39 Å². The SMILES string of the molecule is COc1nccnc1C(C)(O)c1cccc(F)c1. The first-order chi connectivity index (χ1) is 8.55. The van der Waals surface area contributed by atoms with Crippen LogP contribution in [0.1, 0.15) is 18.2 Å². The van der Waals surface area contributed by atoms with Gasteiger partial charge in [-0.1, -0.05) is 12.1 Å². The van der Waals surface area contributed by atoms with E-state index in [9.17, 15) is 9.50 Å². The Balaban J connectivity index is 2.54. The van der Waals surface area contributed by atoms with E-state index in [0.717, 1.165) is 0 Å². The van der Waals surface area contributed by atoms with Crippen molar-refractivity contribution in [3.8, 4) is 5.88 Å². The van der Waals surface area contributed by atoms with Gasteiger partial charge in [0.2, 0.25) is 5.88 Å². The monoisotopic (exact) mass is 248 g/mol. The fourth-order valence-corrected chi connectivity index (χ4v) is 1.74. The van der Waals surface area contributed by atoms with Crippen molar-refractivity contribution in [3.63, 3.8) is 0 Å². The minimum absolute atomic E-state index is 0.215. The summed E-state index contributed by atoms with van der Waals surface area (Å²) in [6.45, 7) is 1.52. The van der Waals surface area contributed by atoms with Crippen LogP contribution >= 0.6 is 0 Å². The number of benzene rings is 1. The van der Waals surface area contributed by atoms with Crippen LogP contribution in [0.2, 0.25) is 0 Å². The van der Waals surface area contributed by atoms with Gasteiger partial charge < -0.3 is 9.84 Å². The lowest BCUT2D eigenvalue weighted by molar-refractivity contribution is 0.0926. The van der Waals surface area contributed by atoms with Gasteiger partial charge in [0.15, 0.2) is 0 Å². The van der Waals surface area contributed by atoms with Crippen molar-refractivity contribution >= 4 is 0 Å². The van der Waals surface area contributed by atoms with Crippen LogP contribution < -0.4 is 4.74 Å². The van der Waals surface area contributed by atoms with Gasteiger partial charge in [0, 0.05) is 12.4 Å². The highest BCUT2D eigenvalue weighted by molar-refractivity contribution is 5.36. The molecule has 4 nitrogen and oxygen atoms in total. The second-order valence-corrected chi connectivity index (χ2v) is 4.00. The molecule has 1 N–H and O–H groups in total. The van der Waals surface area contributed by atoms with Gasteiger partial charge in [-0.2, -0.15) is 0 Å². The predicted molar refractivity (Wildman–Crippen MR) is 63.7 cm³/mol. The maximum atomic E-state index is 13.2. The van der Waals surface area contributed by atoms with Gasteiger partial charge >= 0.3 is 0 Å². The summed E-state index contributed by atoms with van der Waals surface area (Å²) in [7, 11) is 1.44. The molecule has 0 bridgehead atoms. The van der Waals surface area contributed by atoms with E-state index in [-0.39, 0.29) is 11.6 Å². The van der Waals surface area contributed by atoms with E-state index >= 15 is 0 Å². The zero-order chi connectivity index (χ0) is 13.2. The Labute approximate surface area is 104 Å². The van der Waals surface area contributed by atoms with E-state index in [1.54, 1.807) is 6.07 Å². The van der Waals surface area contributed by atoms with Crippen LogP contribution in [0.3, 0.4) is 0 Å². The zero-order valence-electron chi connectivity index (χ0n) is 10.1. The van der Waals surface area contributed by atoms with E-state index in [4.69, 9.17) is 4.74 Å². The molecule has 1 aromatic carbocycles. The standard InChI is InChI=1S/C13H13FN2O2/c1-13(17,9-4-3-5-10(14)8-9)11-12(18-2)16-7-6-15-11/h3-8,17H,1-2H3. The summed E-state index contributed by atoms with van der Waals surface area (Å²) in [6, 6.07) is 5.72. The summed E-state index contributed by atoms with van der Waals surface area (Å²) >= 11 is 0. The largest absolute Gasteiger partial charge is 0.480 e. The Bertz CT molecular complexity index is 558. The molecule has 0 aliphatic heterocycles. The van der Waals surface area contributed by atoms with Gasteiger partial charge in [0.05, 0.1) is 7.11 Å². The lowest BCUT2D eigenvalue weighted by atomic mass is 9.92. The normalized spacial score (nSPS) is 14.0. The van der Waals surface area contributed by atoms with Gasteiger partial charge in [-0.15, -0.1) is 0 Å². The van der Waals surface area contributed by atoms with Gasteiger partial charge in [0.1, 0.15) is 17.1 Å². The van der Waals surface area contributed by atoms with E-state index in [0.29, 0.717) is 5.56 Å². The minimum atomic E-state index is -1.47. The van der Waals surface area contributed by atoms with Crippen LogP contribution in [0, 0.1) is 5.82 Å². The molecule has 0 radical (unpaired) electrons. The molecular formula is C13H13FN2O2. The third-order valence-electron chi connectivity index (χ3n) is 2.71. The maximum absolute atomic E-state index is 13.2. The molecule has 1 aromatic heterocycles. The zero-order valence-corrected chi connectivity index (χ0v) is 10.1. The summed E-state index contributed by atoms with van der Waals surface area (Å²) in [6.07, 6.45) is 2.91. The molecule has 94 valence electrons. The number of halogens is 1. The highest BCUT2D eigenvalue weighted by Crippen LogP contribution is 2.32. The smallest absolute Gasteiger partial charge is 0.238 e. The number of aliphatic hydroxyl groups is 1. The Hall–Kier alpha value is -2.01. The minimum Gasteiger partial charge on any atom is -0.480 e. The van der Waals surface area contributed by atoms with Crippen molar-refractivity contribution in [1.29, 1.82) is 0 Å². The molecule has 1 atom stereocenters. The summed E-state index contributed by atoms with van der Waals surface area (Å²) in [4.78, 5) is 8.04. The molecule has 0 saturated heterocycles. The average molecular weight is 248 g/mol. The molecule has 2 rings (SSSR count). The molecule has 0 saturated carbocycles. The Kier molecular flexibility index (Phi) is 3.25. The number of methoxy groups -OCH3 is 1. The lowest BCUT2D eigenvalue weighted by Crippen LogP contribution is -2.25. The number of rotatable bonds is 3. The van der Waals surface area contributed by atoms with Gasteiger partial charge in [-0.05, 0) is 24.6 Å². The van der Waals surface area contributed by atoms with Crippen LogP contribution in [-0.4, -0.2) is 22.2 Å². The van der Waals surface area contributed by atoms with Gasteiger partial charge in [-0.25, -0.2) is 9.37 Å². The van der Waals surface area contributed by atoms with Crippen molar-refractivity contribution in [2.45, 2.75) is 12.5 Å². The molecular weight excluding hydrogens is 235 g/mol. The molecule has 5 heteroatoms. The number of hydrogen-bond donors (Lipinski definition) is 1. The molecule has 1 heterocycles. The average Bonchev–Trinajstić information content (AvgIpc) is 2.38. The molecule has 0 spiro atoms. The summed E-state index contributed by atoms with van der Waals surface area (Å²) in [5.41, 5.74) is -0.832. The summed E-state index contributed by atoms with van der Waals surface area (Å²) in [5, 5.41) is 10.5. The quantitative estimate of drug-likeness (QED) is 0.901. The van der Waals surface area contributed by atoms with E-state index in [1.165, 1.54) is 44.6 Å². The number of hydrogen-bond acceptors (Lipinski definition) is 4. The van der Waals surface area contributed by atoms with Gasteiger partial charge in [-0.3, -0.25) is 4.98 Å². The number of ether oxygens (including phenoxy) is 1. The molecule has 18 heavy (non-hydrogen) atoms. The highest BCUT2D eigenvalue weighted by atomic mass is 19.1. The van der Waals surface area contributed by atoms with Crippen molar-refractivity contribution in [2.75, 3.05) is 7.11 Å². The maximum Gasteiger partial charge on any atom is 0.238 e. The van der Waals surface area contributed by atoms with E-state index in [2.05, 4.69) is 9.97 Å². The molecule has 0 aliphatic carbocycles.